The number of pyridine rings is 2. The van der Waals surface area contributed by atoms with Gasteiger partial charge in [0.05, 0.1) is 11.0 Å². The number of hydrogen-bond acceptors (Lipinski definition) is 4. The number of aromatic nitrogens is 2. The summed E-state index contributed by atoms with van der Waals surface area (Å²) < 4.78 is 0. The van der Waals surface area contributed by atoms with Gasteiger partial charge < -0.3 is 25.3 Å². The SMILES string of the molecule is [Pt+2].[S-]c1cccc2cccnc12.[S-]c1cccc2cccnc12. The van der Waals surface area contributed by atoms with Crippen molar-refractivity contribution in [1.82, 2.24) is 9.97 Å². The molecule has 0 N–H and O–H groups in total. The van der Waals surface area contributed by atoms with Crippen molar-refractivity contribution in [2.24, 2.45) is 0 Å². The van der Waals surface area contributed by atoms with Gasteiger partial charge in [-0.2, -0.15) is 0 Å². The van der Waals surface area contributed by atoms with Crippen molar-refractivity contribution in [1.29, 1.82) is 0 Å². The molecule has 0 aliphatic heterocycles. The molecule has 0 atom stereocenters. The van der Waals surface area contributed by atoms with Crippen LogP contribution in [0, 0.1) is 0 Å². The molecule has 4 rings (SSSR count). The smallest absolute Gasteiger partial charge is 0.778 e. The van der Waals surface area contributed by atoms with Crippen LogP contribution in [0.5, 0.6) is 0 Å². The second kappa shape index (κ2) is 8.30. The van der Waals surface area contributed by atoms with Gasteiger partial charge in [0.25, 0.3) is 0 Å². The minimum Gasteiger partial charge on any atom is -0.778 e. The quantitative estimate of drug-likeness (QED) is 0.327. The Morgan fingerprint density at radius 1 is 0.565 bits per heavy atom. The number of para-hydroxylation sites is 2. The van der Waals surface area contributed by atoms with Gasteiger partial charge in [-0.15, -0.1) is 9.79 Å². The number of rotatable bonds is 0. The third kappa shape index (κ3) is 4.23. The van der Waals surface area contributed by atoms with Crippen LogP contribution in [0.2, 0.25) is 0 Å². The average Bonchev–Trinajstić information content (AvgIpc) is 2.57. The molecule has 0 saturated heterocycles. The first kappa shape index (κ1) is 17.7. The molecule has 2 aromatic heterocycles. The zero-order valence-corrected chi connectivity index (χ0v) is 15.9. The summed E-state index contributed by atoms with van der Waals surface area (Å²) in [6.45, 7) is 0. The molecule has 0 amide bonds. The Morgan fingerprint density at radius 3 is 1.35 bits per heavy atom. The van der Waals surface area contributed by atoms with Crippen molar-refractivity contribution >= 4 is 47.1 Å². The molecular formula is C18H12N2PtS2. The minimum atomic E-state index is 0. The van der Waals surface area contributed by atoms with Crippen molar-refractivity contribution < 1.29 is 21.1 Å². The zero-order chi connectivity index (χ0) is 15.4. The van der Waals surface area contributed by atoms with Crippen LogP contribution < -0.4 is 0 Å². The topological polar surface area (TPSA) is 25.8 Å². The van der Waals surface area contributed by atoms with E-state index in [4.69, 9.17) is 25.3 Å². The maximum Gasteiger partial charge on any atom is 2.00 e. The molecule has 5 heteroatoms. The molecule has 4 aromatic rings. The van der Waals surface area contributed by atoms with Gasteiger partial charge in [-0.05, 0) is 22.9 Å². The van der Waals surface area contributed by atoms with Crippen LogP contribution in [0.3, 0.4) is 0 Å². The zero-order valence-electron chi connectivity index (χ0n) is 12.0. The fraction of sp³-hybridized carbons (Fsp3) is 0. The van der Waals surface area contributed by atoms with E-state index in [0.717, 1.165) is 31.6 Å². The van der Waals surface area contributed by atoms with Gasteiger partial charge >= 0.3 is 21.1 Å². The average molecular weight is 516 g/mol. The normalized spacial score (nSPS) is 9.74. The van der Waals surface area contributed by atoms with E-state index in [-0.39, 0.29) is 21.1 Å². The van der Waals surface area contributed by atoms with Crippen molar-refractivity contribution in [3.05, 3.63) is 73.1 Å². The number of fused-ring (bicyclic) bond motifs is 2. The van der Waals surface area contributed by atoms with Crippen LogP contribution in [0.1, 0.15) is 0 Å². The van der Waals surface area contributed by atoms with Crippen LogP contribution in [0.15, 0.2) is 82.8 Å². The molecule has 2 heterocycles. The number of nitrogens with zero attached hydrogens (tertiary/aromatic N) is 2. The molecule has 2 aromatic carbocycles. The minimum absolute atomic E-state index is 0. The summed E-state index contributed by atoms with van der Waals surface area (Å²) >= 11 is 10.2. The fourth-order valence-electron chi connectivity index (χ4n) is 2.15. The predicted octanol–water partition coefficient (Wildman–Crippen LogP) is 4.28. The largest absolute Gasteiger partial charge is 2.00 e. The van der Waals surface area contributed by atoms with Gasteiger partial charge in [0.1, 0.15) is 0 Å². The van der Waals surface area contributed by atoms with Crippen molar-refractivity contribution in [2.45, 2.75) is 9.79 Å². The van der Waals surface area contributed by atoms with Crippen molar-refractivity contribution in [3.63, 3.8) is 0 Å². The summed E-state index contributed by atoms with van der Waals surface area (Å²) in [4.78, 5) is 10.00. The monoisotopic (exact) mass is 515 g/mol. The van der Waals surface area contributed by atoms with Crippen LogP contribution in [0.25, 0.3) is 21.8 Å². The third-order valence-corrected chi connectivity index (χ3v) is 3.85. The standard InChI is InChI=1S/2C9H7NS.Pt/c2*11-8-5-1-3-7-4-2-6-10-9(7)8;/h2*1-6,11H;/q;;+2/p-2. The van der Waals surface area contributed by atoms with Gasteiger partial charge in [0.2, 0.25) is 0 Å². The van der Waals surface area contributed by atoms with E-state index in [2.05, 4.69) is 9.97 Å². The molecule has 0 spiro atoms. The Hall–Kier alpha value is -1.61. The first-order chi connectivity index (χ1) is 10.8. The van der Waals surface area contributed by atoms with Gasteiger partial charge in [-0.25, -0.2) is 0 Å². The molecule has 0 aliphatic carbocycles. The molecule has 0 saturated carbocycles. The fourth-order valence-corrected chi connectivity index (χ4v) is 2.65. The van der Waals surface area contributed by atoms with Gasteiger partial charge in [0.15, 0.2) is 0 Å². The Kier molecular flexibility index (Phi) is 6.40. The second-order valence-electron chi connectivity index (χ2n) is 4.66. The third-order valence-electron chi connectivity index (χ3n) is 3.19. The van der Waals surface area contributed by atoms with Crippen LogP contribution >= 0.6 is 0 Å². The first-order valence-electron chi connectivity index (χ1n) is 6.77. The molecule has 0 unspecified atom stereocenters. The maximum absolute atomic E-state index is 5.09. The van der Waals surface area contributed by atoms with Gasteiger partial charge in [-0.3, -0.25) is 9.97 Å². The van der Waals surface area contributed by atoms with E-state index >= 15 is 0 Å². The van der Waals surface area contributed by atoms with Crippen molar-refractivity contribution in [3.8, 4) is 0 Å². The number of hydrogen-bond donors (Lipinski definition) is 0. The van der Waals surface area contributed by atoms with E-state index in [1.807, 2.05) is 60.7 Å². The second-order valence-corrected chi connectivity index (χ2v) is 5.54. The summed E-state index contributed by atoms with van der Waals surface area (Å²) in [6, 6.07) is 19.6. The van der Waals surface area contributed by atoms with Crippen molar-refractivity contribution in [2.75, 3.05) is 0 Å². The van der Waals surface area contributed by atoms with Gasteiger partial charge in [-0.1, -0.05) is 48.5 Å². The number of benzene rings is 2. The van der Waals surface area contributed by atoms with Crippen LogP contribution in [-0.2, 0) is 46.3 Å². The summed E-state index contributed by atoms with van der Waals surface area (Å²) in [7, 11) is 0. The summed E-state index contributed by atoms with van der Waals surface area (Å²) in [5.41, 5.74) is 1.84. The van der Waals surface area contributed by atoms with E-state index in [1.165, 1.54) is 0 Å². The molecule has 116 valence electrons. The molecule has 0 radical (unpaired) electrons. The first-order valence-corrected chi connectivity index (χ1v) is 7.59. The predicted molar refractivity (Wildman–Crippen MR) is 94.7 cm³/mol. The Labute approximate surface area is 160 Å². The van der Waals surface area contributed by atoms with E-state index in [0.29, 0.717) is 0 Å². The molecule has 23 heavy (non-hydrogen) atoms. The molecule has 0 fully saturated rings. The summed E-state index contributed by atoms with van der Waals surface area (Å²) in [5.74, 6) is 0. The van der Waals surface area contributed by atoms with E-state index in [1.54, 1.807) is 12.4 Å². The molecule has 0 bridgehead atoms. The molecular weight excluding hydrogens is 503 g/mol. The van der Waals surface area contributed by atoms with Crippen LogP contribution in [-0.4, -0.2) is 9.97 Å². The summed E-state index contributed by atoms with van der Waals surface area (Å²) in [5, 5.41) is 2.22. The maximum atomic E-state index is 5.09. The molecule has 0 aliphatic rings. The van der Waals surface area contributed by atoms with Crippen LogP contribution in [0.4, 0.5) is 0 Å². The molecule has 2 nitrogen and oxygen atoms in total. The summed E-state index contributed by atoms with van der Waals surface area (Å²) in [6.07, 6.45) is 3.52. The Balaban J connectivity index is 0.000000160. The Morgan fingerprint density at radius 2 is 0.957 bits per heavy atom. The Bertz CT molecular complexity index is 841. The van der Waals surface area contributed by atoms with E-state index < -0.39 is 0 Å². The van der Waals surface area contributed by atoms with Gasteiger partial charge in [0, 0.05) is 12.4 Å². The van der Waals surface area contributed by atoms with E-state index in [9.17, 15) is 0 Å².